The van der Waals surface area contributed by atoms with E-state index in [1.807, 2.05) is 12.1 Å². The van der Waals surface area contributed by atoms with Gasteiger partial charge in [-0.25, -0.2) is 8.42 Å². The van der Waals surface area contributed by atoms with Gasteiger partial charge < -0.3 is 14.8 Å². The van der Waals surface area contributed by atoms with Gasteiger partial charge in [0.2, 0.25) is 5.91 Å². The third kappa shape index (κ3) is 5.93. The molecule has 0 spiro atoms. The first-order chi connectivity index (χ1) is 15.3. The number of para-hydroxylation sites is 3. The van der Waals surface area contributed by atoms with Crippen LogP contribution in [0.5, 0.6) is 11.5 Å². The second-order valence-electron chi connectivity index (χ2n) is 6.86. The van der Waals surface area contributed by atoms with Crippen LogP contribution in [0.1, 0.15) is 12.0 Å². The first-order valence-electron chi connectivity index (χ1n) is 9.74. The van der Waals surface area contributed by atoms with Crippen LogP contribution in [-0.4, -0.2) is 28.0 Å². The summed E-state index contributed by atoms with van der Waals surface area (Å²) in [4.78, 5) is 12.4. The third-order valence-electron chi connectivity index (χ3n) is 4.54. The minimum Gasteiger partial charge on any atom is -0.493 e. The Kier molecular flexibility index (Phi) is 7.61. The van der Waals surface area contributed by atoms with Crippen molar-refractivity contribution in [3.8, 4) is 11.5 Å². The topological polar surface area (TPSA) is 93.7 Å². The summed E-state index contributed by atoms with van der Waals surface area (Å²) in [7, 11) is -2.37. The summed E-state index contributed by atoms with van der Waals surface area (Å²) in [5.74, 6) is 0.802. The lowest BCUT2D eigenvalue weighted by molar-refractivity contribution is -0.116. The van der Waals surface area contributed by atoms with E-state index >= 15 is 0 Å². The molecule has 0 saturated carbocycles. The van der Waals surface area contributed by atoms with E-state index in [2.05, 4.69) is 10.0 Å². The number of carbonyl (C=O) groups is 1. The van der Waals surface area contributed by atoms with Crippen molar-refractivity contribution in [1.29, 1.82) is 0 Å². The smallest absolute Gasteiger partial charge is 0.262 e. The molecule has 0 saturated heterocycles. The Morgan fingerprint density at radius 3 is 2.41 bits per heavy atom. The van der Waals surface area contributed by atoms with Crippen LogP contribution < -0.4 is 19.5 Å². The number of hydrogen-bond acceptors (Lipinski definition) is 5. The molecule has 0 unspecified atom stereocenters. The number of benzene rings is 3. The largest absolute Gasteiger partial charge is 0.493 e. The molecule has 3 aromatic rings. The van der Waals surface area contributed by atoms with Gasteiger partial charge in [0, 0.05) is 5.69 Å². The summed E-state index contributed by atoms with van der Waals surface area (Å²) in [6.07, 6.45) is 0.0753. The highest BCUT2D eigenvalue weighted by molar-refractivity contribution is 7.92. The van der Waals surface area contributed by atoms with E-state index in [1.165, 1.54) is 6.07 Å². The summed E-state index contributed by atoms with van der Waals surface area (Å²) >= 11 is 6.07. The van der Waals surface area contributed by atoms with Gasteiger partial charge in [-0.2, -0.15) is 0 Å². The number of methoxy groups -OCH3 is 1. The third-order valence-corrected chi connectivity index (χ3v) is 6.37. The van der Waals surface area contributed by atoms with Crippen LogP contribution in [0.2, 0.25) is 5.02 Å². The monoisotopic (exact) mass is 474 g/mol. The summed E-state index contributed by atoms with van der Waals surface area (Å²) in [5, 5.41) is 2.99. The molecule has 168 valence electrons. The second kappa shape index (κ2) is 10.4. The molecule has 0 heterocycles. The molecular weight excluding hydrogens is 452 g/mol. The number of amides is 1. The van der Waals surface area contributed by atoms with Crippen molar-refractivity contribution in [2.75, 3.05) is 23.8 Å². The molecule has 3 aromatic carbocycles. The summed E-state index contributed by atoms with van der Waals surface area (Å²) in [6.45, 7) is 1.81. The standard InChI is InChI=1S/C23H23ClN2O5S/c1-16-11-12-17(15-22(16)32(28,29)26-19-8-4-3-7-18(19)24)25-23(27)13-14-31-21-10-6-5-9-20(21)30-2/h3-12,15,26H,13-14H2,1-2H3,(H,25,27). The van der Waals surface area contributed by atoms with Crippen molar-refractivity contribution in [1.82, 2.24) is 0 Å². The van der Waals surface area contributed by atoms with Crippen molar-refractivity contribution < 1.29 is 22.7 Å². The van der Waals surface area contributed by atoms with Gasteiger partial charge in [0.25, 0.3) is 10.0 Å². The predicted molar refractivity (Wildman–Crippen MR) is 125 cm³/mol. The highest BCUT2D eigenvalue weighted by atomic mass is 35.5. The molecular formula is C23H23ClN2O5S. The average molecular weight is 475 g/mol. The van der Waals surface area contributed by atoms with E-state index in [9.17, 15) is 13.2 Å². The van der Waals surface area contributed by atoms with Crippen LogP contribution in [0.3, 0.4) is 0 Å². The molecule has 7 nitrogen and oxygen atoms in total. The van der Waals surface area contributed by atoms with E-state index < -0.39 is 10.0 Å². The fraction of sp³-hybridized carbons (Fsp3) is 0.174. The van der Waals surface area contributed by atoms with Crippen LogP contribution in [-0.2, 0) is 14.8 Å². The van der Waals surface area contributed by atoms with Crippen LogP contribution >= 0.6 is 11.6 Å². The average Bonchev–Trinajstić information content (AvgIpc) is 2.77. The van der Waals surface area contributed by atoms with Crippen LogP contribution in [0, 0.1) is 6.92 Å². The molecule has 0 aliphatic heterocycles. The molecule has 0 aromatic heterocycles. The lowest BCUT2D eigenvalue weighted by atomic mass is 10.2. The number of sulfonamides is 1. The van der Waals surface area contributed by atoms with E-state index in [0.717, 1.165) is 0 Å². The lowest BCUT2D eigenvalue weighted by Gasteiger charge is -2.14. The van der Waals surface area contributed by atoms with Crippen LogP contribution in [0.15, 0.2) is 71.6 Å². The van der Waals surface area contributed by atoms with Gasteiger partial charge in [0.05, 0.1) is 35.7 Å². The number of carbonyl (C=O) groups excluding carboxylic acids is 1. The van der Waals surface area contributed by atoms with Crippen molar-refractivity contribution in [3.05, 3.63) is 77.3 Å². The number of nitrogens with one attached hydrogen (secondary N) is 2. The van der Waals surface area contributed by atoms with Crippen molar-refractivity contribution in [2.24, 2.45) is 0 Å². The maximum Gasteiger partial charge on any atom is 0.262 e. The van der Waals surface area contributed by atoms with Gasteiger partial charge in [-0.3, -0.25) is 9.52 Å². The van der Waals surface area contributed by atoms with Crippen molar-refractivity contribution >= 4 is 38.9 Å². The van der Waals surface area contributed by atoms with E-state index in [0.29, 0.717) is 22.7 Å². The lowest BCUT2D eigenvalue weighted by Crippen LogP contribution is -2.17. The van der Waals surface area contributed by atoms with E-state index in [-0.39, 0.29) is 34.5 Å². The molecule has 0 aliphatic carbocycles. The highest BCUT2D eigenvalue weighted by Gasteiger charge is 2.19. The Bertz CT molecular complexity index is 1210. The summed E-state index contributed by atoms with van der Waals surface area (Å²) < 4.78 is 39.1. The fourth-order valence-corrected chi connectivity index (χ4v) is 4.52. The minimum atomic E-state index is -3.91. The second-order valence-corrected chi connectivity index (χ2v) is 8.92. The molecule has 2 N–H and O–H groups in total. The SMILES string of the molecule is COc1ccccc1OCCC(=O)Nc1ccc(C)c(S(=O)(=O)Nc2ccccc2Cl)c1. The number of anilines is 2. The van der Waals surface area contributed by atoms with Gasteiger partial charge in [0.1, 0.15) is 0 Å². The molecule has 0 aliphatic rings. The molecule has 0 bridgehead atoms. The number of ether oxygens (including phenoxy) is 2. The Labute approximate surface area is 192 Å². The van der Waals surface area contributed by atoms with Gasteiger partial charge in [0.15, 0.2) is 11.5 Å². The molecule has 0 atom stereocenters. The number of halogens is 1. The Morgan fingerprint density at radius 1 is 1.00 bits per heavy atom. The van der Waals surface area contributed by atoms with Gasteiger partial charge in [-0.05, 0) is 48.9 Å². The van der Waals surface area contributed by atoms with Gasteiger partial charge >= 0.3 is 0 Å². The molecule has 0 radical (unpaired) electrons. The van der Waals surface area contributed by atoms with E-state index in [1.54, 1.807) is 62.6 Å². The number of aryl methyl sites for hydroxylation is 1. The first kappa shape index (κ1) is 23.4. The summed E-state index contributed by atoms with van der Waals surface area (Å²) in [5.41, 5.74) is 1.16. The highest BCUT2D eigenvalue weighted by Crippen LogP contribution is 2.27. The van der Waals surface area contributed by atoms with Gasteiger partial charge in [-0.1, -0.05) is 41.9 Å². The quantitative estimate of drug-likeness (QED) is 0.461. The van der Waals surface area contributed by atoms with E-state index in [4.69, 9.17) is 21.1 Å². The molecule has 1 amide bonds. The zero-order valence-corrected chi connectivity index (χ0v) is 19.2. The zero-order chi connectivity index (χ0) is 23.1. The minimum absolute atomic E-state index is 0.0421. The normalized spacial score (nSPS) is 11.0. The first-order valence-corrected chi connectivity index (χ1v) is 11.6. The molecule has 0 fully saturated rings. The molecule has 9 heteroatoms. The summed E-state index contributed by atoms with van der Waals surface area (Å²) in [6, 6.07) is 18.4. The predicted octanol–water partition coefficient (Wildman–Crippen LogP) is 4.87. The Morgan fingerprint density at radius 2 is 1.69 bits per heavy atom. The molecule has 32 heavy (non-hydrogen) atoms. The maximum atomic E-state index is 12.9. The van der Waals surface area contributed by atoms with Crippen LogP contribution in [0.4, 0.5) is 11.4 Å². The fourth-order valence-electron chi connectivity index (χ4n) is 2.93. The van der Waals surface area contributed by atoms with Crippen molar-refractivity contribution in [3.63, 3.8) is 0 Å². The number of rotatable bonds is 9. The maximum absolute atomic E-state index is 12.9. The Balaban J connectivity index is 1.66. The number of hydrogen-bond donors (Lipinski definition) is 2. The zero-order valence-electron chi connectivity index (χ0n) is 17.6. The van der Waals surface area contributed by atoms with Crippen molar-refractivity contribution in [2.45, 2.75) is 18.2 Å². The molecule has 3 rings (SSSR count). The Hall–Kier alpha value is -3.23. The van der Waals surface area contributed by atoms with Crippen LogP contribution in [0.25, 0.3) is 0 Å². The van der Waals surface area contributed by atoms with Gasteiger partial charge in [-0.15, -0.1) is 0 Å².